The van der Waals surface area contributed by atoms with Crippen molar-refractivity contribution in [3.8, 4) is 11.5 Å². The Hall–Kier alpha value is -2.67. The van der Waals surface area contributed by atoms with E-state index in [0.717, 1.165) is 46.2 Å². The van der Waals surface area contributed by atoms with E-state index in [4.69, 9.17) is 0 Å². The summed E-state index contributed by atoms with van der Waals surface area (Å²) >= 11 is 1.59. The molecule has 0 aliphatic heterocycles. The number of carbonyl (C=O) groups is 2. The van der Waals surface area contributed by atoms with Crippen molar-refractivity contribution in [1.82, 2.24) is 0 Å². The highest BCUT2D eigenvalue weighted by Gasteiger charge is 2.22. The molecular formula is C32H46O6S. The molecule has 0 aromatic heterocycles. The first-order valence-corrected chi connectivity index (χ1v) is 15.1. The number of hydrogen-bond donors (Lipinski definition) is 4. The molecule has 0 spiro atoms. The Morgan fingerprint density at radius 1 is 0.667 bits per heavy atom. The molecule has 0 saturated heterocycles. The minimum atomic E-state index is -0.838. The van der Waals surface area contributed by atoms with E-state index in [1.807, 2.05) is 38.1 Å². The predicted molar refractivity (Wildman–Crippen MR) is 159 cm³/mol. The van der Waals surface area contributed by atoms with Gasteiger partial charge in [0, 0.05) is 0 Å². The molecule has 39 heavy (non-hydrogen) atoms. The number of phenols is 2. The van der Waals surface area contributed by atoms with E-state index < -0.39 is 23.8 Å². The molecule has 216 valence electrons. The summed E-state index contributed by atoms with van der Waals surface area (Å²) in [7, 11) is 0. The molecule has 0 aliphatic carbocycles. The summed E-state index contributed by atoms with van der Waals surface area (Å²) in [6, 6.07) is 7.61. The summed E-state index contributed by atoms with van der Waals surface area (Å²) in [4.78, 5) is 23.9. The van der Waals surface area contributed by atoms with Gasteiger partial charge in [0.05, 0.1) is 11.8 Å². The number of hydrogen-bond acceptors (Lipinski definition) is 5. The van der Waals surface area contributed by atoms with Crippen LogP contribution in [0.2, 0.25) is 0 Å². The number of thioether (sulfide) groups is 1. The van der Waals surface area contributed by atoms with Crippen molar-refractivity contribution in [3.63, 3.8) is 0 Å². The Morgan fingerprint density at radius 2 is 1.03 bits per heavy atom. The van der Waals surface area contributed by atoms with Crippen molar-refractivity contribution >= 4 is 23.7 Å². The molecule has 0 fully saturated rings. The fourth-order valence-corrected chi connectivity index (χ4v) is 6.15. The zero-order chi connectivity index (χ0) is 29.3. The van der Waals surface area contributed by atoms with Crippen LogP contribution in [0.25, 0.3) is 0 Å². The van der Waals surface area contributed by atoms with Crippen molar-refractivity contribution in [3.05, 3.63) is 57.6 Å². The van der Waals surface area contributed by atoms with Crippen LogP contribution >= 0.6 is 11.8 Å². The number of aliphatic carboxylic acids is 2. The number of aromatic hydroxyl groups is 2. The molecule has 2 atom stereocenters. The van der Waals surface area contributed by atoms with Gasteiger partial charge in [-0.25, -0.2) is 0 Å². The van der Waals surface area contributed by atoms with Crippen LogP contribution in [0.3, 0.4) is 0 Å². The molecule has 0 bridgehead atoms. The number of carboxylic acids is 2. The molecule has 2 unspecified atom stereocenters. The fraction of sp³-hybridized carbons (Fsp3) is 0.562. The van der Waals surface area contributed by atoms with Crippen LogP contribution in [-0.4, -0.2) is 43.9 Å². The summed E-state index contributed by atoms with van der Waals surface area (Å²) in [5, 5.41) is 40.4. The third-order valence-electron chi connectivity index (χ3n) is 7.02. The lowest BCUT2D eigenvalue weighted by Gasteiger charge is -2.17. The van der Waals surface area contributed by atoms with Gasteiger partial charge in [0.25, 0.3) is 0 Å². The lowest BCUT2D eigenvalue weighted by Crippen LogP contribution is -2.19. The van der Waals surface area contributed by atoms with Gasteiger partial charge >= 0.3 is 11.9 Å². The Balaban J connectivity index is 1.95. The summed E-state index contributed by atoms with van der Waals surface area (Å²) in [6.07, 6.45) is 3.26. The highest BCUT2D eigenvalue weighted by Crippen LogP contribution is 2.30. The van der Waals surface area contributed by atoms with E-state index in [2.05, 4.69) is 27.7 Å². The van der Waals surface area contributed by atoms with Crippen LogP contribution in [0.5, 0.6) is 11.5 Å². The van der Waals surface area contributed by atoms with Gasteiger partial charge in [0.15, 0.2) is 0 Å². The van der Waals surface area contributed by atoms with Gasteiger partial charge in [-0.2, -0.15) is 11.8 Å². The van der Waals surface area contributed by atoms with Gasteiger partial charge in [-0.15, -0.1) is 0 Å². The smallest absolute Gasteiger partial charge is 0.306 e. The predicted octanol–water partition coefficient (Wildman–Crippen LogP) is 6.81. The maximum Gasteiger partial charge on any atom is 0.306 e. The number of benzene rings is 2. The first-order chi connectivity index (χ1) is 18.3. The average Bonchev–Trinajstić information content (AvgIpc) is 2.82. The van der Waals surface area contributed by atoms with E-state index in [-0.39, 0.29) is 0 Å². The lowest BCUT2D eigenvalue weighted by molar-refractivity contribution is -0.142. The molecule has 4 N–H and O–H groups in total. The van der Waals surface area contributed by atoms with Crippen molar-refractivity contribution in [2.45, 2.75) is 80.1 Å². The van der Waals surface area contributed by atoms with Crippen LogP contribution in [-0.2, 0) is 35.3 Å². The van der Waals surface area contributed by atoms with E-state index in [1.165, 1.54) is 0 Å². The Morgan fingerprint density at radius 3 is 1.33 bits per heavy atom. The zero-order valence-electron chi connectivity index (χ0n) is 24.3. The number of rotatable bonds is 16. The van der Waals surface area contributed by atoms with Gasteiger partial charge in [-0.3, -0.25) is 9.59 Å². The molecular weight excluding hydrogens is 512 g/mol. The third kappa shape index (κ3) is 10.4. The van der Waals surface area contributed by atoms with E-state index >= 15 is 0 Å². The summed E-state index contributed by atoms with van der Waals surface area (Å²) in [6.45, 7) is 12.0. The first kappa shape index (κ1) is 32.5. The monoisotopic (exact) mass is 558 g/mol. The minimum Gasteiger partial charge on any atom is -0.507 e. The van der Waals surface area contributed by atoms with Crippen molar-refractivity contribution in [1.29, 1.82) is 0 Å². The van der Waals surface area contributed by atoms with Gasteiger partial charge < -0.3 is 20.4 Å². The molecule has 0 radical (unpaired) electrons. The SMILES string of the molecule is Cc1cc(CC(CCSCCC(Cc2cc(C)c(O)c(CC(C)C)c2)C(=O)O)C(=O)O)cc(CC(C)C)c1O. The second kappa shape index (κ2) is 15.2. The van der Waals surface area contributed by atoms with Gasteiger partial charge in [0.2, 0.25) is 0 Å². The molecule has 0 aliphatic rings. The summed E-state index contributed by atoms with van der Waals surface area (Å²) in [5.74, 6) is -0.135. The van der Waals surface area contributed by atoms with Crippen LogP contribution in [0.4, 0.5) is 0 Å². The Kier molecular flexibility index (Phi) is 12.7. The van der Waals surface area contributed by atoms with Gasteiger partial charge in [-0.05, 0) is 109 Å². The van der Waals surface area contributed by atoms with Crippen molar-refractivity contribution in [2.75, 3.05) is 11.5 Å². The summed E-state index contributed by atoms with van der Waals surface area (Å²) < 4.78 is 0. The molecule has 6 nitrogen and oxygen atoms in total. The van der Waals surface area contributed by atoms with Crippen LogP contribution in [0, 0.1) is 37.5 Å². The van der Waals surface area contributed by atoms with Crippen LogP contribution < -0.4 is 0 Å². The maximum atomic E-state index is 12.0. The highest BCUT2D eigenvalue weighted by atomic mass is 32.2. The molecule has 7 heteroatoms. The molecule has 2 rings (SSSR count). The number of aryl methyl sites for hydroxylation is 2. The quantitative estimate of drug-likeness (QED) is 0.167. The minimum absolute atomic E-state index is 0.293. The normalized spacial score (nSPS) is 13.1. The highest BCUT2D eigenvalue weighted by molar-refractivity contribution is 7.99. The fourth-order valence-electron chi connectivity index (χ4n) is 5.04. The van der Waals surface area contributed by atoms with E-state index in [0.29, 0.717) is 60.5 Å². The lowest BCUT2D eigenvalue weighted by atomic mass is 9.92. The molecule has 0 heterocycles. The second-order valence-corrected chi connectivity index (χ2v) is 12.9. The van der Waals surface area contributed by atoms with Crippen LogP contribution in [0.1, 0.15) is 73.9 Å². The average molecular weight is 559 g/mol. The molecule has 2 aromatic carbocycles. The summed E-state index contributed by atoms with van der Waals surface area (Å²) in [5.41, 5.74) is 5.09. The van der Waals surface area contributed by atoms with E-state index in [9.17, 15) is 30.0 Å². The maximum absolute atomic E-state index is 12.0. The zero-order valence-corrected chi connectivity index (χ0v) is 25.1. The Labute approximate surface area is 237 Å². The van der Waals surface area contributed by atoms with Crippen LogP contribution in [0.15, 0.2) is 24.3 Å². The third-order valence-corrected chi connectivity index (χ3v) is 8.07. The first-order valence-electron chi connectivity index (χ1n) is 13.9. The molecule has 2 aromatic rings. The van der Waals surface area contributed by atoms with E-state index in [1.54, 1.807) is 11.8 Å². The Bertz CT molecular complexity index is 1040. The number of phenolic OH excluding ortho intramolecular Hbond substituents is 2. The standard InChI is InChI=1S/C32H46O6S/c1-19(2)11-27-17-23(13-21(5)29(27)33)15-25(31(35)36)7-9-39-10-8-26(32(37)38)16-24-14-22(6)30(34)28(18-24)12-20(3)4/h13-14,17-20,25-26,33-34H,7-12,15-16H2,1-6H3,(H,35,36)(H,37,38). The molecule has 0 saturated carbocycles. The molecule has 0 amide bonds. The van der Waals surface area contributed by atoms with Gasteiger partial charge in [0.1, 0.15) is 11.5 Å². The van der Waals surface area contributed by atoms with Crippen molar-refractivity contribution in [2.24, 2.45) is 23.7 Å². The largest absolute Gasteiger partial charge is 0.507 e. The van der Waals surface area contributed by atoms with Crippen molar-refractivity contribution < 1.29 is 30.0 Å². The second-order valence-electron chi connectivity index (χ2n) is 11.7. The van der Waals surface area contributed by atoms with Gasteiger partial charge in [-0.1, -0.05) is 52.0 Å². The number of carboxylic acid groups (broad SMARTS) is 2. The topological polar surface area (TPSA) is 115 Å².